The minimum Gasteiger partial charge on any atom is -0.381 e. The number of ether oxygens (including phenoxy) is 1. The minimum absolute atomic E-state index is 0.732. The molecule has 0 amide bonds. The number of thiophene rings is 1. The molecule has 3 aliphatic heterocycles. The summed E-state index contributed by atoms with van der Waals surface area (Å²) in [4.78, 5) is 11.2. The first-order chi connectivity index (χ1) is 15.2. The third-order valence-electron chi connectivity index (χ3n) is 6.69. The number of nitrogens with zero attached hydrogens (tertiary/aromatic N) is 5. The first-order valence-electron chi connectivity index (χ1n) is 11.1. The molecule has 2 aromatic heterocycles. The van der Waals surface area contributed by atoms with E-state index < -0.39 is 0 Å². The molecule has 162 valence electrons. The maximum absolute atomic E-state index is 6.09. The Morgan fingerprint density at radius 2 is 2.00 bits per heavy atom. The smallest absolute Gasteiger partial charge is 0.163 e. The zero-order valence-corrected chi connectivity index (χ0v) is 19.0. The van der Waals surface area contributed by atoms with E-state index in [0.717, 1.165) is 62.7 Å². The van der Waals surface area contributed by atoms with Crippen LogP contribution in [0.4, 0.5) is 5.00 Å². The number of halogens is 1. The van der Waals surface area contributed by atoms with Crippen LogP contribution in [0, 0.1) is 5.92 Å². The Labute approximate surface area is 191 Å². The molecule has 0 unspecified atom stereocenters. The fourth-order valence-corrected chi connectivity index (χ4v) is 6.57. The van der Waals surface area contributed by atoms with Gasteiger partial charge in [0.2, 0.25) is 0 Å². The Balaban J connectivity index is 1.29. The van der Waals surface area contributed by atoms with Gasteiger partial charge >= 0.3 is 0 Å². The number of fused-ring (bicyclic) bond motifs is 5. The van der Waals surface area contributed by atoms with Crippen molar-refractivity contribution in [3.05, 3.63) is 51.6 Å². The summed E-state index contributed by atoms with van der Waals surface area (Å²) in [5.74, 6) is 1.80. The van der Waals surface area contributed by atoms with Gasteiger partial charge in [-0.3, -0.25) is 4.90 Å². The van der Waals surface area contributed by atoms with Gasteiger partial charge in [0.15, 0.2) is 5.82 Å². The van der Waals surface area contributed by atoms with Crippen molar-refractivity contribution in [1.82, 2.24) is 19.7 Å². The topological polar surface area (TPSA) is 46.4 Å². The summed E-state index contributed by atoms with van der Waals surface area (Å²) >= 11 is 8.05. The van der Waals surface area contributed by atoms with Crippen molar-refractivity contribution in [2.75, 3.05) is 31.2 Å². The average Bonchev–Trinajstić information content (AvgIpc) is 3.40. The van der Waals surface area contributed by atoms with Crippen molar-refractivity contribution >= 4 is 27.9 Å². The molecular formula is C23H26ClN5OS. The second kappa shape index (κ2) is 8.20. The van der Waals surface area contributed by atoms with E-state index in [1.165, 1.54) is 46.0 Å². The molecule has 0 radical (unpaired) electrons. The lowest BCUT2D eigenvalue weighted by Crippen LogP contribution is -2.36. The molecular weight excluding hydrogens is 430 g/mol. The molecule has 1 saturated heterocycles. The fourth-order valence-electron chi connectivity index (χ4n) is 5.06. The van der Waals surface area contributed by atoms with Crippen LogP contribution in [0.5, 0.6) is 0 Å². The molecule has 0 aliphatic carbocycles. The van der Waals surface area contributed by atoms with Gasteiger partial charge in [-0.25, -0.2) is 9.67 Å². The van der Waals surface area contributed by atoms with Crippen LogP contribution in [0.25, 0.3) is 11.4 Å². The Morgan fingerprint density at radius 1 is 1.16 bits per heavy atom. The van der Waals surface area contributed by atoms with Crippen molar-refractivity contribution in [2.45, 2.75) is 39.0 Å². The largest absolute Gasteiger partial charge is 0.381 e. The Kier molecular flexibility index (Phi) is 5.22. The van der Waals surface area contributed by atoms with E-state index in [1.54, 1.807) is 6.33 Å². The number of hydrogen-bond acceptors (Lipinski definition) is 6. The van der Waals surface area contributed by atoms with Crippen LogP contribution in [0.15, 0.2) is 30.6 Å². The summed E-state index contributed by atoms with van der Waals surface area (Å²) in [5.41, 5.74) is 4.05. The zero-order chi connectivity index (χ0) is 20.8. The first-order valence-corrected chi connectivity index (χ1v) is 12.3. The standard InChI is InChI=1S/C23H26ClN5OS/c24-18-3-1-16(2-4-18)12-28-15-29-22(25-14-26-29)21-19-5-8-27(13-20(19)31-23(21)28)11-17-6-9-30-10-7-17/h1-4,14,17H,5-13,15H2. The maximum atomic E-state index is 6.09. The van der Waals surface area contributed by atoms with Gasteiger partial charge < -0.3 is 9.64 Å². The highest BCUT2D eigenvalue weighted by molar-refractivity contribution is 7.17. The third kappa shape index (κ3) is 3.78. The van der Waals surface area contributed by atoms with E-state index >= 15 is 0 Å². The van der Waals surface area contributed by atoms with Gasteiger partial charge in [0, 0.05) is 49.3 Å². The summed E-state index contributed by atoms with van der Waals surface area (Å²) in [6, 6.07) is 8.16. The Morgan fingerprint density at radius 3 is 2.84 bits per heavy atom. The van der Waals surface area contributed by atoms with Gasteiger partial charge in [-0.15, -0.1) is 11.3 Å². The fraction of sp³-hybridized carbons (Fsp3) is 0.478. The molecule has 0 N–H and O–H groups in total. The lowest BCUT2D eigenvalue weighted by Gasteiger charge is -2.32. The average molecular weight is 456 g/mol. The molecule has 0 bridgehead atoms. The molecule has 5 heterocycles. The van der Waals surface area contributed by atoms with Crippen molar-refractivity contribution in [2.24, 2.45) is 5.92 Å². The molecule has 0 saturated carbocycles. The van der Waals surface area contributed by atoms with Crippen LogP contribution in [0.2, 0.25) is 5.02 Å². The van der Waals surface area contributed by atoms with E-state index in [-0.39, 0.29) is 0 Å². The van der Waals surface area contributed by atoms with Gasteiger partial charge in [0.1, 0.15) is 18.0 Å². The van der Waals surface area contributed by atoms with Crippen LogP contribution >= 0.6 is 22.9 Å². The summed E-state index contributed by atoms with van der Waals surface area (Å²) in [7, 11) is 0. The Hall–Kier alpha value is -1.93. The van der Waals surface area contributed by atoms with Crippen LogP contribution < -0.4 is 4.90 Å². The summed E-state index contributed by atoms with van der Waals surface area (Å²) in [6.07, 6.45) is 5.17. The normalized spacial score (nSPS) is 19.2. The molecule has 6 rings (SSSR count). The number of benzene rings is 1. The van der Waals surface area contributed by atoms with Crippen molar-refractivity contribution < 1.29 is 4.74 Å². The van der Waals surface area contributed by atoms with E-state index in [2.05, 4.69) is 32.0 Å². The quantitative estimate of drug-likeness (QED) is 0.582. The van der Waals surface area contributed by atoms with Crippen molar-refractivity contribution in [3.8, 4) is 11.4 Å². The van der Waals surface area contributed by atoms with E-state index in [4.69, 9.17) is 16.3 Å². The number of aromatic nitrogens is 3. The second-order valence-corrected chi connectivity index (χ2v) is 10.3. The first kappa shape index (κ1) is 19.7. The van der Waals surface area contributed by atoms with Crippen molar-refractivity contribution in [3.63, 3.8) is 0 Å². The SMILES string of the molecule is Clc1ccc(CN2Cn3ncnc3-c3c2sc2c3CCN(CC3CCOCC3)C2)cc1. The van der Waals surface area contributed by atoms with Crippen LogP contribution in [-0.2, 0) is 30.9 Å². The molecule has 3 aliphatic rings. The third-order valence-corrected chi connectivity index (χ3v) is 8.22. The zero-order valence-electron chi connectivity index (χ0n) is 17.5. The van der Waals surface area contributed by atoms with Crippen LogP contribution in [0.1, 0.15) is 28.8 Å². The predicted octanol–water partition coefficient (Wildman–Crippen LogP) is 4.42. The van der Waals surface area contributed by atoms with E-state index in [1.807, 2.05) is 28.2 Å². The molecule has 1 fully saturated rings. The van der Waals surface area contributed by atoms with Crippen molar-refractivity contribution in [1.29, 1.82) is 0 Å². The summed E-state index contributed by atoms with van der Waals surface area (Å²) < 4.78 is 7.59. The highest BCUT2D eigenvalue weighted by atomic mass is 35.5. The van der Waals surface area contributed by atoms with E-state index in [9.17, 15) is 0 Å². The lowest BCUT2D eigenvalue weighted by molar-refractivity contribution is 0.0508. The van der Waals surface area contributed by atoms with Gasteiger partial charge in [-0.1, -0.05) is 23.7 Å². The lowest BCUT2D eigenvalue weighted by atomic mass is 9.97. The molecule has 0 atom stereocenters. The van der Waals surface area contributed by atoms with Gasteiger partial charge in [0.05, 0.1) is 5.56 Å². The predicted molar refractivity (Wildman–Crippen MR) is 123 cm³/mol. The molecule has 6 nitrogen and oxygen atoms in total. The molecule has 31 heavy (non-hydrogen) atoms. The number of rotatable bonds is 4. The van der Waals surface area contributed by atoms with Crippen LogP contribution in [0.3, 0.4) is 0 Å². The van der Waals surface area contributed by atoms with Gasteiger partial charge in [0.25, 0.3) is 0 Å². The van der Waals surface area contributed by atoms with E-state index in [0.29, 0.717) is 0 Å². The maximum Gasteiger partial charge on any atom is 0.163 e. The second-order valence-electron chi connectivity index (χ2n) is 8.77. The highest BCUT2D eigenvalue weighted by Gasteiger charge is 2.33. The van der Waals surface area contributed by atoms with Gasteiger partial charge in [-0.05, 0) is 48.4 Å². The molecule has 3 aromatic rings. The molecule has 0 spiro atoms. The highest BCUT2D eigenvalue weighted by Crippen LogP contribution is 2.47. The van der Waals surface area contributed by atoms with Gasteiger partial charge in [-0.2, -0.15) is 5.10 Å². The molecule has 8 heteroatoms. The molecule has 1 aromatic carbocycles. The summed E-state index contributed by atoms with van der Waals surface area (Å²) in [6.45, 7) is 6.78. The number of hydrogen-bond donors (Lipinski definition) is 0. The summed E-state index contributed by atoms with van der Waals surface area (Å²) in [5, 5.41) is 6.62. The Bertz CT molecular complexity index is 1070. The monoisotopic (exact) mass is 455 g/mol. The minimum atomic E-state index is 0.732. The number of anilines is 1. The van der Waals surface area contributed by atoms with Crippen LogP contribution in [-0.4, -0.2) is 46.0 Å².